The summed E-state index contributed by atoms with van der Waals surface area (Å²) in [6.07, 6.45) is 1.83. The van der Waals surface area contributed by atoms with E-state index in [4.69, 9.17) is 4.74 Å². The minimum absolute atomic E-state index is 0.710. The van der Waals surface area contributed by atoms with E-state index in [0.29, 0.717) is 6.61 Å². The van der Waals surface area contributed by atoms with Crippen molar-refractivity contribution in [3.63, 3.8) is 0 Å². The maximum atomic E-state index is 5.75. The van der Waals surface area contributed by atoms with Gasteiger partial charge in [0.1, 0.15) is 0 Å². The molecule has 1 rings (SSSR count). The predicted octanol–water partition coefficient (Wildman–Crippen LogP) is 4.57. The minimum Gasteiger partial charge on any atom is -0.377 e. The van der Waals surface area contributed by atoms with Gasteiger partial charge >= 0.3 is 0 Å². The fourth-order valence-electron chi connectivity index (χ4n) is 1.66. The normalized spacial score (nSPS) is 12.3. The fourth-order valence-corrected chi connectivity index (χ4v) is 2.42. The molecule has 1 aromatic carbocycles. The van der Waals surface area contributed by atoms with Crippen LogP contribution in [0.1, 0.15) is 18.1 Å². The van der Waals surface area contributed by atoms with Gasteiger partial charge in [-0.2, -0.15) is 0 Å². The van der Waals surface area contributed by atoms with Crippen molar-refractivity contribution in [3.05, 3.63) is 29.3 Å². The van der Waals surface area contributed by atoms with Crippen LogP contribution >= 0.6 is 0 Å². The molecule has 18 heavy (non-hydrogen) atoms. The van der Waals surface area contributed by atoms with Gasteiger partial charge in [-0.3, -0.25) is 4.99 Å². The molecule has 1 aromatic rings. The van der Waals surface area contributed by atoms with E-state index in [2.05, 4.69) is 49.8 Å². The fraction of sp³-hybridized carbons (Fsp3) is 0.533. The number of aryl methyl sites for hydroxylation is 1. The van der Waals surface area contributed by atoms with Crippen LogP contribution in [0.4, 0.5) is 5.69 Å². The van der Waals surface area contributed by atoms with E-state index >= 15 is 0 Å². The van der Waals surface area contributed by atoms with Gasteiger partial charge in [0.15, 0.2) is 0 Å². The van der Waals surface area contributed by atoms with Crippen molar-refractivity contribution < 1.29 is 4.74 Å². The lowest BCUT2D eigenvalue weighted by atomic mass is 10.1. The lowest BCUT2D eigenvalue weighted by molar-refractivity contribution is 0.133. The second-order valence-corrected chi connectivity index (χ2v) is 11.5. The molecule has 0 bridgehead atoms. The van der Waals surface area contributed by atoms with Gasteiger partial charge in [0.2, 0.25) is 0 Å². The average Bonchev–Trinajstić information content (AvgIpc) is 2.27. The third-order valence-electron chi connectivity index (χ3n) is 2.79. The molecule has 0 aliphatic carbocycles. The van der Waals surface area contributed by atoms with Crippen LogP contribution in [-0.2, 0) is 11.3 Å². The predicted molar refractivity (Wildman–Crippen MR) is 82.8 cm³/mol. The first-order valence-electron chi connectivity index (χ1n) is 6.58. The standard InChI is InChI=1S/C15H25NOSi/c1-6-16-15-8-7-14(11-13(15)2)12-17-9-10-18(3,4)5/h6-8,11H,9-10,12H2,1-5H3. The van der Waals surface area contributed by atoms with Gasteiger partial charge in [0, 0.05) is 20.9 Å². The maximum Gasteiger partial charge on any atom is 0.0716 e. The van der Waals surface area contributed by atoms with Crippen LogP contribution in [0.5, 0.6) is 0 Å². The first-order valence-corrected chi connectivity index (χ1v) is 10.3. The molecule has 0 N–H and O–H groups in total. The molecule has 0 aliphatic heterocycles. The Balaban J connectivity index is 2.46. The molecule has 0 radical (unpaired) electrons. The average molecular weight is 263 g/mol. The number of ether oxygens (including phenoxy) is 1. The topological polar surface area (TPSA) is 21.6 Å². The van der Waals surface area contributed by atoms with E-state index in [1.54, 1.807) is 0 Å². The summed E-state index contributed by atoms with van der Waals surface area (Å²) in [5.74, 6) is 0. The zero-order chi connectivity index (χ0) is 13.6. The van der Waals surface area contributed by atoms with E-state index in [0.717, 1.165) is 12.3 Å². The van der Waals surface area contributed by atoms with Crippen LogP contribution in [0, 0.1) is 6.92 Å². The number of benzene rings is 1. The highest BCUT2D eigenvalue weighted by molar-refractivity contribution is 6.76. The SMILES string of the molecule is CC=Nc1ccc(COCC[Si](C)(C)C)cc1C. The molecule has 0 spiro atoms. The summed E-state index contributed by atoms with van der Waals surface area (Å²) in [5.41, 5.74) is 3.49. The second-order valence-electron chi connectivity index (χ2n) is 5.87. The number of nitrogens with zero attached hydrogens (tertiary/aromatic N) is 1. The van der Waals surface area contributed by atoms with Crippen molar-refractivity contribution in [2.45, 2.75) is 46.1 Å². The van der Waals surface area contributed by atoms with Crippen molar-refractivity contribution in [1.29, 1.82) is 0 Å². The molecule has 0 atom stereocenters. The molecule has 100 valence electrons. The highest BCUT2D eigenvalue weighted by Crippen LogP contribution is 2.20. The van der Waals surface area contributed by atoms with E-state index in [1.165, 1.54) is 17.2 Å². The number of hydrogen-bond acceptors (Lipinski definition) is 2. The smallest absolute Gasteiger partial charge is 0.0716 e. The highest BCUT2D eigenvalue weighted by Gasteiger charge is 2.11. The van der Waals surface area contributed by atoms with Gasteiger partial charge in [-0.1, -0.05) is 31.8 Å². The molecule has 0 saturated carbocycles. The Morgan fingerprint density at radius 1 is 1.28 bits per heavy atom. The largest absolute Gasteiger partial charge is 0.377 e. The van der Waals surface area contributed by atoms with Crippen LogP contribution < -0.4 is 0 Å². The summed E-state index contributed by atoms with van der Waals surface area (Å²) in [4.78, 5) is 4.32. The first-order chi connectivity index (χ1) is 8.42. The Morgan fingerprint density at radius 3 is 2.56 bits per heavy atom. The van der Waals surface area contributed by atoms with E-state index < -0.39 is 8.07 Å². The summed E-state index contributed by atoms with van der Waals surface area (Å²) in [6, 6.07) is 7.55. The molecular formula is C15H25NOSi. The summed E-state index contributed by atoms with van der Waals surface area (Å²) < 4.78 is 5.75. The Hall–Kier alpha value is -0.933. The second kappa shape index (κ2) is 6.85. The quantitative estimate of drug-likeness (QED) is 0.418. The highest BCUT2D eigenvalue weighted by atomic mass is 28.3. The monoisotopic (exact) mass is 263 g/mol. The Bertz CT molecular complexity index is 407. The van der Waals surface area contributed by atoms with Crippen LogP contribution in [0.3, 0.4) is 0 Å². The van der Waals surface area contributed by atoms with Gasteiger partial charge in [-0.05, 0) is 37.1 Å². The minimum atomic E-state index is -0.970. The van der Waals surface area contributed by atoms with Crippen molar-refractivity contribution in [3.8, 4) is 0 Å². The van der Waals surface area contributed by atoms with Crippen LogP contribution in [0.15, 0.2) is 23.2 Å². The number of aliphatic imine (C=N–C) groups is 1. The van der Waals surface area contributed by atoms with Crippen LogP contribution in [0.25, 0.3) is 0 Å². The molecule has 0 amide bonds. The molecular weight excluding hydrogens is 238 g/mol. The zero-order valence-corrected chi connectivity index (χ0v) is 13.3. The molecule has 0 aromatic heterocycles. The van der Waals surface area contributed by atoms with E-state index in [9.17, 15) is 0 Å². The number of rotatable bonds is 6. The third-order valence-corrected chi connectivity index (χ3v) is 4.50. The maximum absolute atomic E-state index is 5.75. The van der Waals surface area contributed by atoms with E-state index in [-0.39, 0.29) is 0 Å². The Labute approximate surface area is 112 Å². The van der Waals surface area contributed by atoms with Crippen molar-refractivity contribution >= 4 is 20.0 Å². The van der Waals surface area contributed by atoms with Crippen LogP contribution in [0.2, 0.25) is 25.7 Å². The molecule has 0 saturated heterocycles. The van der Waals surface area contributed by atoms with Gasteiger partial charge < -0.3 is 4.74 Å². The molecule has 0 heterocycles. The van der Waals surface area contributed by atoms with Gasteiger partial charge in [-0.25, -0.2) is 0 Å². The zero-order valence-electron chi connectivity index (χ0n) is 12.3. The van der Waals surface area contributed by atoms with E-state index in [1.807, 2.05) is 13.1 Å². The van der Waals surface area contributed by atoms with Gasteiger partial charge in [-0.15, -0.1) is 0 Å². The summed E-state index contributed by atoms with van der Waals surface area (Å²) in [5, 5.41) is 0. The van der Waals surface area contributed by atoms with Crippen molar-refractivity contribution in [1.82, 2.24) is 0 Å². The molecule has 0 aliphatic rings. The lowest BCUT2D eigenvalue weighted by Crippen LogP contribution is -2.21. The first kappa shape index (κ1) is 15.1. The summed E-state index contributed by atoms with van der Waals surface area (Å²) >= 11 is 0. The van der Waals surface area contributed by atoms with Crippen LogP contribution in [-0.4, -0.2) is 20.9 Å². The lowest BCUT2D eigenvalue weighted by Gasteiger charge is -2.15. The summed E-state index contributed by atoms with van der Waals surface area (Å²) in [7, 11) is -0.970. The van der Waals surface area contributed by atoms with Crippen molar-refractivity contribution in [2.24, 2.45) is 4.99 Å². The third kappa shape index (κ3) is 5.60. The number of hydrogen-bond donors (Lipinski definition) is 0. The van der Waals surface area contributed by atoms with Gasteiger partial charge in [0.25, 0.3) is 0 Å². The van der Waals surface area contributed by atoms with Gasteiger partial charge in [0.05, 0.1) is 12.3 Å². The molecule has 2 nitrogen and oxygen atoms in total. The Morgan fingerprint density at radius 2 is 2.00 bits per heavy atom. The molecule has 3 heteroatoms. The molecule has 0 unspecified atom stereocenters. The van der Waals surface area contributed by atoms with Crippen molar-refractivity contribution in [2.75, 3.05) is 6.61 Å². The Kier molecular flexibility index (Phi) is 5.76. The molecule has 0 fully saturated rings. The summed E-state index contributed by atoms with van der Waals surface area (Å²) in [6.45, 7) is 12.7.